The predicted octanol–water partition coefficient (Wildman–Crippen LogP) is 4.18. The lowest BCUT2D eigenvalue weighted by Crippen LogP contribution is -2.38. The smallest absolute Gasteiger partial charge is 0.243 e. The molecule has 10 heteroatoms. The van der Waals surface area contributed by atoms with Gasteiger partial charge in [-0.05, 0) is 31.0 Å². The number of carbonyl (C=O) groups excluding carboxylic acids is 1. The fraction of sp³-hybridized carbons (Fsp3) is 0.280. The van der Waals surface area contributed by atoms with E-state index in [0.29, 0.717) is 29.9 Å². The SMILES string of the molecule is Cc1cc(NC(=O)C(Sc2nnc(N3CCOCC3)n2-c2ccccc2C)c2ccccc2)no1. The molecule has 4 aromatic rings. The highest BCUT2D eigenvalue weighted by molar-refractivity contribution is 8.00. The predicted molar refractivity (Wildman–Crippen MR) is 134 cm³/mol. The highest BCUT2D eigenvalue weighted by Gasteiger charge is 2.29. The van der Waals surface area contributed by atoms with Gasteiger partial charge in [0.05, 0.1) is 18.9 Å². The van der Waals surface area contributed by atoms with Crippen LogP contribution in [0.4, 0.5) is 11.8 Å². The second-order valence-corrected chi connectivity index (χ2v) is 9.30. The minimum Gasteiger partial charge on any atom is -0.378 e. The number of nitrogens with zero attached hydrogens (tertiary/aromatic N) is 5. The molecular weight excluding hydrogens is 464 g/mol. The Labute approximate surface area is 207 Å². The molecule has 0 saturated carbocycles. The Balaban J connectivity index is 1.54. The summed E-state index contributed by atoms with van der Waals surface area (Å²) in [6, 6.07) is 19.4. The molecule has 1 unspecified atom stereocenters. The molecule has 2 aromatic heterocycles. The average molecular weight is 491 g/mol. The first-order valence-corrected chi connectivity index (χ1v) is 12.3. The maximum absolute atomic E-state index is 13.5. The number of thioether (sulfide) groups is 1. The Morgan fingerprint density at radius 3 is 2.49 bits per heavy atom. The van der Waals surface area contributed by atoms with Crippen molar-refractivity contribution < 1.29 is 14.1 Å². The summed E-state index contributed by atoms with van der Waals surface area (Å²) in [6.45, 7) is 6.56. The zero-order chi connectivity index (χ0) is 24.2. The number of morpholine rings is 1. The van der Waals surface area contributed by atoms with Gasteiger partial charge in [-0.3, -0.25) is 9.36 Å². The Hall–Kier alpha value is -3.63. The molecule has 0 aliphatic carbocycles. The minimum absolute atomic E-state index is 0.221. The van der Waals surface area contributed by atoms with Crippen LogP contribution in [0.15, 0.2) is 70.3 Å². The lowest BCUT2D eigenvalue weighted by molar-refractivity contribution is -0.115. The minimum atomic E-state index is -0.585. The van der Waals surface area contributed by atoms with Crippen LogP contribution in [-0.2, 0) is 9.53 Å². The van der Waals surface area contributed by atoms with Gasteiger partial charge in [0, 0.05) is 19.2 Å². The van der Waals surface area contributed by atoms with E-state index in [4.69, 9.17) is 9.26 Å². The standard InChI is InChI=1S/C25H26N6O3S/c1-17-8-6-7-11-20(17)31-24(30-12-14-33-15-13-30)27-28-25(31)35-22(19-9-4-3-5-10-19)23(32)26-21-16-18(2)34-29-21/h3-11,16,22H,12-15H2,1-2H3,(H,26,29,32). The summed E-state index contributed by atoms with van der Waals surface area (Å²) in [4.78, 5) is 15.6. The first-order valence-electron chi connectivity index (χ1n) is 11.4. The quantitative estimate of drug-likeness (QED) is 0.385. The highest BCUT2D eigenvalue weighted by Crippen LogP contribution is 2.38. The van der Waals surface area contributed by atoms with Crippen LogP contribution in [-0.4, -0.2) is 52.1 Å². The lowest BCUT2D eigenvalue weighted by Gasteiger charge is -2.28. The normalized spacial score (nSPS) is 14.6. The van der Waals surface area contributed by atoms with E-state index >= 15 is 0 Å². The van der Waals surface area contributed by atoms with Crippen molar-refractivity contribution in [3.8, 4) is 5.69 Å². The average Bonchev–Trinajstić information content (AvgIpc) is 3.49. The van der Waals surface area contributed by atoms with Crippen molar-refractivity contribution in [2.75, 3.05) is 36.5 Å². The number of anilines is 2. The zero-order valence-electron chi connectivity index (χ0n) is 19.5. The van der Waals surface area contributed by atoms with Gasteiger partial charge in [0.15, 0.2) is 11.0 Å². The Morgan fingerprint density at radius 2 is 1.77 bits per heavy atom. The van der Waals surface area contributed by atoms with E-state index < -0.39 is 5.25 Å². The van der Waals surface area contributed by atoms with Gasteiger partial charge in [-0.25, -0.2) is 0 Å². The van der Waals surface area contributed by atoms with Gasteiger partial charge in [0.2, 0.25) is 11.9 Å². The number of hydrogen-bond acceptors (Lipinski definition) is 8. The van der Waals surface area contributed by atoms with Crippen LogP contribution >= 0.6 is 11.8 Å². The monoisotopic (exact) mass is 490 g/mol. The van der Waals surface area contributed by atoms with E-state index in [1.54, 1.807) is 13.0 Å². The second kappa shape index (κ2) is 10.3. The topological polar surface area (TPSA) is 98.3 Å². The van der Waals surface area contributed by atoms with Crippen LogP contribution < -0.4 is 10.2 Å². The maximum atomic E-state index is 13.5. The van der Waals surface area contributed by atoms with Crippen molar-refractivity contribution in [2.45, 2.75) is 24.3 Å². The van der Waals surface area contributed by atoms with E-state index in [2.05, 4.69) is 38.6 Å². The number of aryl methyl sites for hydroxylation is 2. The van der Waals surface area contributed by atoms with E-state index in [-0.39, 0.29) is 5.91 Å². The van der Waals surface area contributed by atoms with Crippen molar-refractivity contribution in [3.05, 3.63) is 77.6 Å². The van der Waals surface area contributed by atoms with Crippen LogP contribution in [0.2, 0.25) is 0 Å². The van der Waals surface area contributed by atoms with E-state index in [1.165, 1.54) is 11.8 Å². The van der Waals surface area contributed by atoms with E-state index in [1.807, 2.05) is 53.1 Å². The largest absolute Gasteiger partial charge is 0.378 e. The van der Waals surface area contributed by atoms with Crippen LogP contribution in [0.3, 0.4) is 0 Å². The second-order valence-electron chi connectivity index (χ2n) is 8.22. The summed E-state index contributed by atoms with van der Waals surface area (Å²) in [7, 11) is 0. The van der Waals surface area contributed by atoms with Crippen molar-refractivity contribution in [1.82, 2.24) is 19.9 Å². The molecule has 0 radical (unpaired) electrons. The van der Waals surface area contributed by atoms with Crippen molar-refractivity contribution in [2.24, 2.45) is 0 Å². The van der Waals surface area contributed by atoms with E-state index in [9.17, 15) is 4.79 Å². The molecule has 2 aromatic carbocycles. The van der Waals surface area contributed by atoms with Gasteiger partial charge >= 0.3 is 0 Å². The summed E-state index contributed by atoms with van der Waals surface area (Å²) < 4.78 is 12.7. The molecule has 0 spiro atoms. The molecular formula is C25H26N6O3S. The molecule has 5 rings (SSSR count). The zero-order valence-corrected chi connectivity index (χ0v) is 20.4. The number of ether oxygens (including phenoxy) is 1. The molecule has 3 heterocycles. The molecule has 0 bridgehead atoms. The number of para-hydroxylation sites is 1. The fourth-order valence-electron chi connectivity index (χ4n) is 3.96. The third-order valence-corrected chi connectivity index (χ3v) is 6.91. The van der Waals surface area contributed by atoms with Gasteiger partial charge in [-0.1, -0.05) is 65.4 Å². The first kappa shape index (κ1) is 23.1. The number of benzene rings is 2. The molecule has 9 nitrogen and oxygen atoms in total. The number of rotatable bonds is 7. The van der Waals surface area contributed by atoms with Crippen molar-refractivity contribution in [1.29, 1.82) is 0 Å². The van der Waals surface area contributed by atoms with Gasteiger partial charge in [-0.15, -0.1) is 10.2 Å². The molecule has 1 aliphatic heterocycles. The molecule has 1 fully saturated rings. The first-order chi connectivity index (χ1) is 17.1. The number of nitrogens with one attached hydrogen (secondary N) is 1. The number of aromatic nitrogens is 4. The summed E-state index contributed by atoms with van der Waals surface area (Å²) >= 11 is 1.35. The van der Waals surface area contributed by atoms with Crippen LogP contribution in [0.25, 0.3) is 5.69 Å². The summed E-state index contributed by atoms with van der Waals surface area (Å²) in [6.07, 6.45) is 0. The summed E-state index contributed by atoms with van der Waals surface area (Å²) in [5.41, 5.74) is 2.91. The van der Waals surface area contributed by atoms with Gasteiger partial charge in [0.1, 0.15) is 11.0 Å². The number of hydrogen-bond donors (Lipinski definition) is 1. The third kappa shape index (κ3) is 5.08. The van der Waals surface area contributed by atoms with Crippen molar-refractivity contribution in [3.63, 3.8) is 0 Å². The lowest BCUT2D eigenvalue weighted by atomic mass is 10.1. The maximum Gasteiger partial charge on any atom is 0.243 e. The molecule has 1 saturated heterocycles. The van der Waals surface area contributed by atoms with Crippen LogP contribution in [0, 0.1) is 13.8 Å². The molecule has 35 heavy (non-hydrogen) atoms. The highest BCUT2D eigenvalue weighted by atomic mass is 32.2. The van der Waals surface area contributed by atoms with E-state index in [0.717, 1.165) is 35.9 Å². The third-order valence-electron chi connectivity index (χ3n) is 5.71. The summed E-state index contributed by atoms with van der Waals surface area (Å²) in [5.74, 6) is 1.52. The Morgan fingerprint density at radius 1 is 1.03 bits per heavy atom. The van der Waals surface area contributed by atoms with Gasteiger partial charge < -0.3 is 19.5 Å². The van der Waals surface area contributed by atoms with Crippen molar-refractivity contribution >= 4 is 29.4 Å². The number of carbonyl (C=O) groups is 1. The molecule has 1 amide bonds. The van der Waals surface area contributed by atoms with Gasteiger partial charge in [0.25, 0.3) is 0 Å². The fourth-order valence-corrected chi connectivity index (χ4v) is 5.00. The molecule has 180 valence electrons. The Bertz CT molecular complexity index is 1300. The van der Waals surface area contributed by atoms with Crippen LogP contribution in [0.5, 0.6) is 0 Å². The Kier molecular flexibility index (Phi) is 6.82. The summed E-state index contributed by atoms with van der Waals surface area (Å²) in [5, 5.41) is 15.9. The molecule has 1 atom stereocenters. The molecule has 1 N–H and O–H groups in total. The van der Waals surface area contributed by atoms with Crippen LogP contribution in [0.1, 0.15) is 22.1 Å². The molecule has 1 aliphatic rings. The number of amides is 1. The van der Waals surface area contributed by atoms with Gasteiger partial charge in [-0.2, -0.15) is 0 Å².